The Morgan fingerprint density at radius 2 is 2.00 bits per heavy atom. The first kappa shape index (κ1) is 16.9. The largest absolute Gasteiger partial charge is 0.469 e. The summed E-state index contributed by atoms with van der Waals surface area (Å²) in [7, 11) is 3.16. The van der Waals surface area contributed by atoms with Crippen LogP contribution < -0.4 is 0 Å². The van der Waals surface area contributed by atoms with Crippen molar-refractivity contribution in [1.82, 2.24) is 9.38 Å². The van der Waals surface area contributed by atoms with Gasteiger partial charge in [0, 0.05) is 18.8 Å². The Labute approximate surface area is 147 Å². The number of carbonyl (C=O) groups excluding carboxylic acids is 1. The number of aromatic nitrogens is 2. The summed E-state index contributed by atoms with van der Waals surface area (Å²) in [5, 5.41) is 0. The Kier molecular flexibility index (Phi) is 5.23. The van der Waals surface area contributed by atoms with Crippen molar-refractivity contribution >= 4 is 17.8 Å². The molecule has 1 unspecified atom stereocenters. The third kappa shape index (κ3) is 3.45. The maximum absolute atomic E-state index is 12.5. The molecule has 0 spiro atoms. The van der Waals surface area contributed by atoms with Crippen LogP contribution in [-0.2, 0) is 9.53 Å². The molecule has 1 atom stereocenters. The van der Waals surface area contributed by atoms with E-state index in [9.17, 15) is 4.79 Å². The fourth-order valence-electron chi connectivity index (χ4n) is 3.03. The minimum Gasteiger partial charge on any atom is -0.469 e. The van der Waals surface area contributed by atoms with E-state index in [2.05, 4.69) is 4.99 Å². The number of imidazole rings is 1. The topological polar surface area (TPSA) is 56.0 Å². The zero-order valence-electron chi connectivity index (χ0n) is 14.4. The number of aliphatic imine (C=N–C) groups is 1. The molecule has 0 saturated heterocycles. The number of nitrogens with zero attached hydrogens (tertiary/aromatic N) is 3. The highest BCUT2D eigenvalue weighted by molar-refractivity contribution is 5.82. The molecule has 0 fully saturated rings. The molecule has 0 N–H and O–H groups in total. The Hall–Kier alpha value is -2.95. The monoisotopic (exact) mass is 335 g/mol. The van der Waals surface area contributed by atoms with Crippen molar-refractivity contribution in [3.63, 3.8) is 0 Å². The number of ether oxygens (including phenoxy) is 1. The van der Waals surface area contributed by atoms with Crippen molar-refractivity contribution in [2.24, 2.45) is 4.99 Å². The van der Waals surface area contributed by atoms with Gasteiger partial charge in [-0.15, -0.1) is 0 Å². The van der Waals surface area contributed by atoms with E-state index in [1.165, 1.54) is 7.11 Å². The number of fused-ring (bicyclic) bond motifs is 1. The van der Waals surface area contributed by atoms with Crippen LogP contribution in [0.2, 0.25) is 0 Å². The van der Waals surface area contributed by atoms with Gasteiger partial charge in [0.15, 0.2) is 0 Å². The molecule has 2 heterocycles. The summed E-state index contributed by atoms with van der Waals surface area (Å²) in [5.74, 6) is -0.664. The predicted molar refractivity (Wildman–Crippen MR) is 99.0 cm³/mol. The molecular weight excluding hydrogens is 314 g/mol. The smallest absolute Gasteiger partial charge is 0.314 e. The van der Waals surface area contributed by atoms with Crippen LogP contribution in [0.3, 0.4) is 0 Å². The Bertz CT molecular complexity index is 884. The van der Waals surface area contributed by atoms with Gasteiger partial charge in [-0.05, 0) is 31.2 Å². The van der Waals surface area contributed by atoms with E-state index >= 15 is 0 Å². The minimum atomic E-state index is -0.407. The lowest BCUT2D eigenvalue weighted by atomic mass is 9.95. The lowest BCUT2D eigenvalue weighted by Crippen LogP contribution is -2.17. The second-order valence-corrected chi connectivity index (χ2v) is 5.73. The molecule has 5 heteroatoms. The second kappa shape index (κ2) is 7.75. The van der Waals surface area contributed by atoms with Gasteiger partial charge >= 0.3 is 5.97 Å². The number of esters is 1. The summed E-state index contributed by atoms with van der Waals surface area (Å²) in [6, 6.07) is 15.7. The summed E-state index contributed by atoms with van der Waals surface area (Å²) in [6.45, 7) is 0. The zero-order valence-corrected chi connectivity index (χ0v) is 14.4. The molecule has 3 rings (SSSR count). The average molecular weight is 335 g/mol. The van der Waals surface area contributed by atoms with Gasteiger partial charge in [0.25, 0.3) is 0 Å². The van der Waals surface area contributed by atoms with Crippen LogP contribution in [0.4, 0.5) is 0 Å². The van der Waals surface area contributed by atoms with Gasteiger partial charge in [-0.25, -0.2) is 4.98 Å². The third-order valence-corrected chi connectivity index (χ3v) is 4.20. The molecule has 0 amide bonds. The normalized spacial score (nSPS) is 12.6. The summed E-state index contributed by atoms with van der Waals surface area (Å²) in [4.78, 5) is 21.3. The lowest BCUT2D eigenvalue weighted by molar-refractivity contribution is -0.142. The Balaban J connectivity index is 2.18. The number of rotatable bonds is 6. The van der Waals surface area contributed by atoms with E-state index in [-0.39, 0.29) is 5.97 Å². The van der Waals surface area contributed by atoms with Gasteiger partial charge in [-0.2, -0.15) is 0 Å². The zero-order chi connectivity index (χ0) is 17.6. The molecule has 2 aromatic heterocycles. The number of benzene rings is 1. The lowest BCUT2D eigenvalue weighted by Gasteiger charge is -2.15. The molecule has 5 nitrogen and oxygen atoms in total. The summed E-state index contributed by atoms with van der Waals surface area (Å²) in [6.07, 6.45) is 5.08. The highest BCUT2D eigenvalue weighted by Crippen LogP contribution is 2.33. The molecule has 1 aromatic carbocycles. The van der Waals surface area contributed by atoms with Crippen LogP contribution in [0, 0.1) is 0 Å². The van der Waals surface area contributed by atoms with Crippen molar-refractivity contribution in [1.29, 1.82) is 0 Å². The maximum Gasteiger partial charge on any atom is 0.314 e. The van der Waals surface area contributed by atoms with E-state index in [0.29, 0.717) is 12.8 Å². The quantitative estimate of drug-likeness (QED) is 0.509. The summed E-state index contributed by atoms with van der Waals surface area (Å²) < 4.78 is 7.06. The first-order valence-corrected chi connectivity index (χ1v) is 8.27. The van der Waals surface area contributed by atoms with Crippen LogP contribution in [0.5, 0.6) is 0 Å². The van der Waals surface area contributed by atoms with Gasteiger partial charge in [0.1, 0.15) is 5.65 Å². The first-order valence-electron chi connectivity index (χ1n) is 8.27. The number of methoxy groups -OCH3 is 1. The van der Waals surface area contributed by atoms with E-state index in [0.717, 1.165) is 22.6 Å². The third-order valence-electron chi connectivity index (χ3n) is 4.20. The van der Waals surface area contributed by atoms with E-state index in [1.807, 2.05) is 65.3 Å². The van der Waals surface area contributed by atoms with E-state index < -0.39 is 5.92 Å². The number of carbonyl (C=O) groups is 1. The predicted octanol–water partition coefficient (Wildman–Crippen LogP) is 3.74. The molecule has 0 aliphatic heterocycles. The molecule has 25 heavy (non-hydrogen) atoms. The molecule has 0 radical (unpaired) electrons. The molecule has 3 aromatic rings. The molecule has 128 valence electrons. The van der Waals surface area contributed by atoms with E-state index in [4.69, 9.17) is 9.72 Å². The molecule has 0 saturated carbocycles. The number of hydrogen-bond acceptors (Lipinski definition) is 4. The van der Waals surface area contributed by atoms with Gasteiger partial charge in [-0.3, -0.25) is 4.79 Å². The minimum absolute atomic E-state index is 0.257. The average Bonchev–Trinajstić information content (AvgIpc) is 3.05. The first-order chi connectivity index (χ1) is 12.3. The molecule has 0 bridgehead atoms. The highest BCUT2D eigenvalue weighted by Gasteiger charge is 2.28. The molecule has 0 aliphatic carbocycles. The maximum atomic E-state index is 12.5. The summed E-state index contributed by atoms with van der Waals surface area (Å²) >= 11 is 0. The van der Waals surface area contributed by atoms with Gasteiger partial charge in [-0.1, -0.05) is 36.4 Å². The number of pyridine rings is 1. The number of hydrogen-bond donors (Lipinski definition) is 0. The second-order valence-electron chi connectivity index (χ2n) is 5.73. The summed E-state index contributed by atoms with van der Waals surface area (Å²) in [5.41, 5.74) is 3.47. The Morgan fingerprint density at radius 1 is 1.24 bits per heavy atom. The van der Waals surface area contributed by atoms with Gasteiger partial charge in [0.05, 0.1) is 24.4 Å². The van der Waals surface area contributed by atoms with Crippen LogP contribution in [-0.4, -0.2) is 35.7 Å². The van der Waals surface area contributed by atoms with Crippen molar-refractivity contribution in [3.8, 4) is 11.3 Å². The van der Waals surface area contributed by atoms with Crippen molar-refractivity contribution in [2.45, 2.75) is 18.8 Å². The van der Waals surface area contributed by atoms with Crippen LogP contribution >= 0.6 is 0 Å². The van der Waals surface area contributed by atoms with Crippen molar-refractivity contribution < 1.29 is 9.53 Å². The van der Waals surface area contributed by atoms with Gasteiger partial charge in [0.2, 0.25) is 0 Å². The van der Waals surface area contributed by atoms with Crippen LogP contribution in [0.25, 0.3) is 16.9 Å². The molecule has 0 aliphatic rings. The highest BCUT2D eigenvalue weighted by atomic mass is 16.5. The SMILES string of the molecule is C/N=C\CCC(C(=O)OC)c1c(-c2ccccc2)nc2ccccn12. The fourth-order valence-corrected chi connectivity index (χ4v) is 3.03. The standard InChI is InChI=1S/C20H21N3O2/c1-21-13-8-11-16(20(24)25-2)19-18(15-9-4-3-5-10-15)22-17-12-6-7-14-23(17)19/h3-7,9-10,12-14,16H,8,11H2,1-2H3/b21-13-. The van der Waals surface area contributed by atoms with Crippen LogP contribution in [0.15, 0.2) is 59.7 Å². The van der Waals surface area contributed by atoms with E-state index in [1.54, 1.807) is 7.05 Å². The molecular formula is C20H21N3O2. The van der Waals surface area contributed by atoms with Crippen LogP contribution in [0.1, 0.15) is 24.5 Å². The van der Waals surface area contributed by atoms with Crippen molar-refractivity contribution in [2.75, 3.05) is 14.2 Å². The Morgan fingerprint density at radius 3 is 2.72 bits per heavy atom. The fraction of sp³-hybridized carbons (Fsp3) is 0.250. The van der Waals surface area contributed by atoms with Gasteiger partial charge < -0.3 is 14.1 Å². The van der Waals surface area contributed by atoms with Crippen molar-refractivity contribution in [3.05, 3.63) is 60.4 Å².